The van der Waals surface area contributed by atoms with E-state index in [0.717, 1.165) is 16.7 Å². The molecular formula is C9H13NS. The van der Waals surface area contributed by atoms with E-state index < -0.39 is 0 Å². The summed E-state index contributed by atoms with van der Waals surface area (Å²) in [6.45, 7) is 4.44. The van der Waals surface area contributed by atoms with Crippen molar-refractivity contribution in [1.29, 1.82) is 0 Å². The van der Waals surface area contributed by atoms with Gasteiger partial charge in [0.25, 0.3) is 0 Å². The fourth-order valence-corrected chi connectivity index (χ4v) is 1.50. The SMILES string of the molecule is CC(C)CSc1ccccn1. The lowest BCUT2D eigenvalue weighted by atomic mass is 10.3. The average molecular weight is 167 g/mol. The number of pyridine rings is 1. The Labute approximate surface area is 72.2 Å². The third-order valence-electron chi connectivity index (χ3n) is 1.20. The molecule has 1 heterocycles. The fraction of sp³-hybridized carbons (Fsp3) is 0.444. The second kappa shape index (κ2) is 4.39. The van der Waals surface area contributed by atoms with E-state index in [2.05, 4.69) is 18.8 Å². The second-order valence-corrected chi connectivity index (χ2v) is 3.91. The van der Waals surface area contributed by atoms with Crippen LogP contribution >= 0.6 is 11.8 Å². The van der Waals surface area contributed by atoms with E-state index in [1.807, 2.05) is 36.2 Å². The van der Waals surface area contributed by atoms with Gasteiger partial charge in [0.1, 0.15) is 0 Å². The minimum absolute atomic E-state index is 0.738. The van der Waals surface area contributed by atoms with Gasteiger partial charge in [0.15, 0.2) is 0 Å². The Morgan fingerprint density at radius 3 is 2.82 bits per heavy atom. The Balaban J connectivity index is 2.39. The molecule has 0 unspecified atom stereocenters. The lowest BCUT2D eigenvalue weighted by molar-refractivity contribution is 0.749. The Hall–Kier alpha value is -0.500. The maximum atomic E-state index is 4.21. The Morgan fingerprint density at radius 1 is 1.45 bits per heavy atom. The van der Waals surface area contributed by atoms with Crippen LogP contribution < -0.4 is 0 Å². The summed E-state index contributed by atoms with van der Waals surface area (Å²) in [7, 11) is 0. The zero-order valence-electron chi connectivity index (χ0n) is 6.95. The Bertz CT molecular complexity index is 196. The molecule has 0 saturated carbocycles. The van der Waals surface area contributed by atoms with Crippen molar-refractivity contribution in [3.8, 4) is 0 Å². The summed E-state index contributed by atoms with van der Waals surface area (Å²) in [5, 5.41) is 1.13. The van der Waals surface area contributed by atoms with E-state index in [-0.39, 0.29) is 0 Å². The zero-order valence-corrected chi connectivity index (χ0v) is 7.77. The third-order valence-corrected chi connectivity index (χ3v) is 2.57. The first-order valence-corrected chi connectivity index (χ1v) is 4.81. The van der Waals surface area contributed by atoms with Crippen LogP contribution in [-0.4, -0.2) is 10.7 Å². The van der Waals surface area contributed by atoms with Crippen LogP contribution in [0.25, 0.3) is 0 Å². The number of thioether (sulfide) groups is 1. The molecule has 0 aliphatic rings. The highest BCUT2D eigenvalue weighted by Gasteiger charge is 1.96. The van der Waals surface area contributed by atoms with E-state index >= 15 is 0 Å². The second-order valence-electron chi connectivity index (χ2n) is 2.87. The molecule has 0 amide bonds. The molecule has 0 N–H and O–H groups in total. The maximum absolute atomic E-state index is 4.21. The van der Waals surface area contributed by atoms with Crippen LogP contribution in [0.2, 0.25) is 0 Å². The molecule has 0 aliphatic heterocycles. The van der Waals surface area contributed by atoms with E-state index in [1.54, 1.807) is 0 Å². The summed E-state index contributed by atoms with van der Waals surface area (Å²) >= 11 is 1.82. The quantitative estimate of drug-likeness (QED) is 0.642. The molecule has 0 saturated heterocycles. The standard InChI is InChI=1S/C9H13NS/c1-8(2)7-11-9-5-3-4-6-10-9/h3-6,8H,7H2,1-2H3. The van der Waals surface area contributed by atoms with Gasteiger partial charge in [-0.2, -0.15) is 0 Å². The molecular weight excluding hydrogens is 154 g/mol. The topological polar surface area (TPSA) is 12.9 Å². The predicted octanol–water partition coefficient (Wildman–Crippen LogP) is 2.83. The van der Waals surface area contributed by atoms with Crippen LogP contribution in [0.5, 0.6) is 0 Å². The van der Waals surface area contributed by atoms with Crippen molar-refractivity contribution >= 4 is 11.8 Å². The van der Waals surface area contributed by atoms with E-state index in [0.29, 0.717) is 0 Å². The van der Waals surface area contributed by atoms with Crippen molar-refractivity contribution in [2.45, 2.75) is 18.9 Å². The van der Waals surface area contributed by atoms with Gasteiger partial charge in [-0.05, 0) is 18.1 Å². The molecule has 1 aromatic heterocycles. The molecule has 0 aromatic carbocycles. The molecule has 0 fully saturated rings. The smallest absolute Gasteiger partial charge is 0.0959 e. The Morgan fingerprint density at radius 2 is 2.27 bits per heavy atom. The van der Waals surface area contributed by atoms with Crippen LogP contribution in [0.4, 0.5) is 0 Å². The van der Waals surface area contributed by atoms with Crippen molar-refractivity contribution in [2.75, 3.05) is 5.75 Å². The van der Waals surface area contributed by atoms with E-state index in [4.69, 9.17) is 0 Å². The normalized spacial score (nSPS) is 10.5. The number of hydrogen-bond donors (Lipinski definition) is 0. The molecule has 2 heteroatoms. The van der Waals surface area contributed by atoms with Gasteiger partial charge in [0, 0.05) is 11.9 Å². The summed E-state index contributed by atoms with van der Waals surface area (Å²) in [6.07, 6.45) is 1.84. The van der Waals surface area contributed by atoms with Crippen LogP contribution in [0.1, 0.15) is 13.8 Å². The largest absolute Gasteiger partial charge is 0.250 e. The van der Waals surface area contributed by atoms with E-state index in [9.17, 15) is 0 Å². The summed E-state index contributed by atoms with van der Waals surface area (Å²) in [4.78, 5) is 4.21. The first-order valence-electron chi connectivity index (χ1n) is 3.83. The number of rotatable bonds is 3. The van der Waals surface area contributed by atoms with Crippen molar-refractivity contribution in [3.05, 3.63) is 24.4 Å². The molecule has 1 aromatic rings. The summed E-state index contributed by atoms with van der Waals surface area (Å²) in [6, 6.07) is 6.02. The minimum atomic E-state index is 0.738. The highest BCUT2D eigenvalue weighted by atomic mass is 32.2. The number of hydrogen-bond acceptors (Lipinski definition) is 2. The van der Waals surface area contributed by atoms with Gasteiger partial charge in [-0.3, -0.25) is 0 Å². The minimum Gasteiger partial charge on any atom is -0.250 e. The van der Waals surface area contributed by atoms with Crippen molar-refractivity contribution < 1.29 is 0 Å². The van der Waals surface area contributed by atoms with Gasteiger partial charge < -0.3 is 0 Å². The predicted molar refractivity (Wildman–Crippen MR) is 49.8 cm³/mol. The molecule has 1 rings (SSSR count). The lowest BCUT2D eigenvalue weighted by Crippen LogP contribution is -1.90. The van der Waals surface area contributed by atoms with Gasteiger partial charge in [0.05, 0.1) is 5.03 Å². The van der Waals surface area contributed by atoms with Crippen LogP contribution in [0, 0.1) is 5.92 Å². The van der Waals surface area contributed by atoms with Crippen molar-refractivity contribution in [2.24, 2.45) is 5.92 Å². The van der Waals surface area contributed by atoms with Gasteiger partial charge in [-0.25, -0.2) is 4.98 Å². The molecule has 11 heavy (non-hydrogen) atoms. The summed E-state index contributed by atoms with van der Waals surface area (Å²) in [5.74, 6) is 1.89. The molecule has 0 spiro atoms. The molecule has 60 valence electrons. The van der Waals surface area contributed by atoms with Gasteiger partial charge >= 0.3 is 0 Å². The molecule has 0 bridgehead atoms. The third kappa shape index (κ3) is 3.42. The highest BCUT2D eigenvalue weighted by Crippen LogP contribution is 2.16. The highest BCUT2D eigenvalue weighted by molar-refractivity contribution is 7.99. The molecule has 0 aliphatic carbocycles. The molecule has 0 radical (unpaired) electrons. The van der Waals surface area contributed by atoms with Gasteiger partial charge in [-0.15, -0.1) is 11.8 Å². The van der Waals surface area contributed by atoms with Gasteiger partial charge in [0.2, 0.25) is 0 Å². The molecule has 0 atom stereocenters. The average Bonchev–Trinajstić information content (AvgIpc) is 2.03. The Kier molecular flexibility index (Phi) is 3.43. The van der Waals surface area contributed by atoms with Crippen LogP contribution in [-0.2, 0) is 0 Å². The van der Waals surface area contributed by atoms with Crippen molar-refractivity contribution in [1.82, 2.24) is 4.98 Å². The first kappa shape index (κ1) is 8.60. The number of nitrogens with zero attached hydrogens (tertiary/aromatic N) is 1. The van der Waals surface area contributed by atoms with Gasteiger partial charge in [-0.1, -0.05) is 19.9 Å². The number of aromatic nitrogens is 1. The molecule has 1 nitrogen and oxygen atoms in total. The summed E-state index contributed by atoms with van der Waals surface area (Å²) in [5.41, 5.74) is 0. The van der Waals surface area contributed by atoms with Crippen LogP contribution in [0.15, 0.2) is 29.4 Å². The zero-order chi connectivity index (χ0) is 8.10. The fourth-order valence-electron chi connectivity index (χ4n) is 0.685. The summed E-state index contributed by atoms with van der Waals surface area (Å²) < 4.78 is 0. The van der Waals surface area contributed by atoms with Crippen molar-refractivity contribution in [3.63, 3.8) is 0 Å². The van der Waals surface area contributed by atoms with Crippen LogP contribution in [0.3, 0.4) is 0 Å². The maximum Gasteiger partial charge on any atom is 0.0959 e. The van der Waals surface area contributed by atoms with E-state index in [1.165, 1.54) is 0 Å². The monoisotopic (exact) mass is 167 g/mol. The lowest BCUT2D eigenvalue weighted by Gasteiger charge is -2.02. The first-order chi connectivity index (χ1) is 5.29.